The summed E-state index contributed by atoms with van der Waals surface area (Å²) in [7, 11) is 0. The molecule has 0 atom stereocenters. The highest BCUT2D eigenvalue weighted by molar-refractivity contribution is 5.49. The van der Waals surface area contributed by atoms with E-state index in [0.717, 1.165) is 0 Å². The van der Waals surface area contributed by atoms with Crippen LogP contribution in [0, 0.1) is 11.3 Å². The SMILES string of the molecule is N#Cc1c(C(F)(F)F)[nH]c(C(F)(F)F)c1C(F)(F)F. The number of halogens is 9. The van der Waals surface area contributed by atoms with Gasteiger partial charge in [-0.1, -0.05) is 0 Å². The van der Waals surface area contributed by atoms with Crippen molar-refractivity contribution in [2.75, 3.05) is 0 Å². The number of H-pyrrole nitrogens is 1. The zero-order valence-corrected chi connectivity index (χ0v) is 8.35. The third-order valence-electron chi connectivity index (χ3n) is 1.96. The second-order valence-electron chi connectivity index (χ2n) is 3.23. The van der Waals surface area contributed by atoms with Gasteiger partial charge < -0.3 is 4.98 Å². The molecule has 19 heavy (non-hydrogen) atoms. The maximum atomic E-state index is 12.4. The first-order valence-electron chi connectivity index (χ1n) is 4.17. The number of alkyl halides is 9. The molecule has 11 heteroatoms. The van der Waals surface area contributed by atoms with Crippen LogP contribution in [-0.4, -0.2) is 4.98 Å². The summed E-state index contributed by atoms with van der Waals surface area (Å²) in [5.74, 6) is 0. The molecule has 0 fully saturated rings. The summed E-state index contributed by atoms with van der Waals surface area (Å²) in [5.41, 5.74) is -9.83. The Hall–Kier alpha value is -1.86. The number of nitriles is 1. The second-order valence-corrected chi connectivity index (χ2v) is 3.23. The molecule has 1 heterocycles. The molecule has 1 aromatic rings. The Balaban J connectivity index is 3.78. The Labute approximate surface area is 98.0 Å². The van der Waals surface area contributed by atoms with Gasteiger partial charge >= 0.3 is 18.5 Å². The van der Waals surface area contributed by atoms with E-state index in [1.165, 1.54) is 0 Å². The first-order valence-corrected chi connectivity index (χ1v) is 4.17. The molecule has 0 spiro atoms. The molecule has 1 rings (SSSR count). The van der Waals surface area contributed by atoms with Gasteiger partial charge in [-0.25, -0.2) is 0 Å². The predicted molar refractivity (Wildman–Crippen MR) is 40.5 cm³/mol. The highest BCUT2D eigenvalue weighted by atomic mass is 19.4. The Kier molecular flexibility index (Phi) is 3.26. The molecule has 0 aliphatic heterocycles. The minimum atomic E-state index is -5.75. The van der Waals surface area contributed by atoms with E-state index in [1.54, 1.807) is 0 Å². The van der Waals surface area contributed by atoms with Crippen LogP contribution in [0.5, 0.6) is 0 Å². The highest BCUT2D eigenvalue weighted by Crippen LogP contribution is 2.45. The van der Waals surface area contributed by atoms with Crippen LogP contribution >= 0.6 is 0 Å². The van der Waals surface area contributed by atoms with E-state index in [1.807, 2.05) is 0 Å². The zero-order valence-electron chi connectivity index (χ0n) is 8.35. The maximum Gasteiger partial charge on any atom is 0.432 e. The number of nitrogens with zero attached hydrogens (tertiary/aromatic N) is 1. The summed E-state index contributed by atoms with van der Waals surface area (Å²) < 4.78 is 111. The third kappa shape index (κ3) is 2.77. The van der Waals surface area contributed by atoms with Gasteiger partial charge in [0.15, 0.2) is 0 Å². The van der Waals surface area contributed by atoms with Crippen LogP contribution < -0.4 is 0 Å². The molecule has 0 aliphatic carbocycles. The van der Waals surface area contributed by atoms with Crippen molar-refractivity contribution in [3.05, 3.63) is 22.5 Å². The molecule has 1 aromatic heterocycles. The lowest BCUT2D eigenvalue weighted by atomic mass is 10.1. The molecule has 1 N–H and O–H groups in total. The Morgan fingerprint density at radius 1 is 0.737 bits per heavy atom. The second kappa shape index (κ2) is 4.07. The molecule has 0 unspecified atom stereocenters. The molecular formula is C8HF9N2. The number of nitrogens with one attached hydrogen (secondary N) is 1. The van der Waals surface area contributed by atoms with Gasteiger partial charge in [0.25, 0.3) is 0 Å². The van der Waals surface area contributed by atoms with E-state index in [-0.39, 0.29) is 0 Å². The maximum absolute atomic E-state index is 12.4. The smallest absolute Gasteiger partial charge is 0.346 e. The standard InChI is InChI=1S/C8HF9N2/c9-6(10,11)3-2(1-18)4(7(12,13)14)19-5(3)8(15,16)17/h19H. The summed E-state index contributed by atoms with van der Waals surface area (Å²) in [5, 5.41) is 8.27. The first-order chi connectivity index (χ1) is 8.30. The third-order valence-corrected chi connectivity index (χ3v) is 1.96. The first kappa shape index (κ1) is 15.2. The lowest BCUT2D eigenvalue weighted by Gasteiger charge is -2.10. The van der Waals surface area contributed by atoms with Gasteiger partial charge in [-0.3, -0.25) is 0 Å². The van der Waals surface area contributed by atoms with Crippen molar-refractivity contribution in [2.24, 2.45) is 0 Å². The summed E-state index contributed by atoms with van der Waals surface area (Å²) in [6, 6.07) is 0.499. The van der Waals surface area contributed by atoms with Gasteiger partial charge in [0, 0.05) is 0 Å². The molecule has 0 radical (unpaired) electrons. The lowest BCUT2D eigenvalue weighted by molar-refractivity contribution is -0.164. The lowest BCUT2D eigenvalue weighted by Crippen LogP contribution is -2.16. The molecule has 0 aromatic carbocycles. The van der Waals surface area contributed by atoms with Crippen molar-refractivity contribution in [3.8, 4) is 6.07 Å². The van der Waals surface area contributed by atoms with E-state index in [2.05, 4.69) is 0 Å². The largest absolute Gasteiger partial charge is 0.432 e. The fraction of sp³-hybridized carbons (Fsp3) is 0.375. The summed E-state index contributed by atoms with van der Waals surface area (Å²) in [4.78, 5) is 0.595. The number of hydrogen-bond donors (Lipinski definition) is 1. The van der Waals surface area contributed by atoms with Crippen LogP contribution in [-0.2, 0) is 18.5 Å². The molecule has 106 valence electrons. The van der Waals surface area contributed by atoms with Crippen molar-refractivity contribution in [1.29, 1.82) is 5.26 Å². The molecule has 0 aliphatic rings. The fourth-order valence-corrected chi connectivity index (χ4v) is 1.32. The summed E-state index contributed by atoms with van der Waals surface area (Å²) >= 11 is 0. The van der Waals surface area contributed by atoms with Crippen LogP contribution in [0.15, 0.2) is 0 Å². The number of aromatic nitrogens is 1. The average Bonchev–Trinajstić information content (AvgIpc) is 2.53. The molecule has 0 bridgehead atoms. The van der Waals surface area contributed by atoms with E-state index >= 15 is 0 Å². The van der Waals surface area contributed by atoms with E-state index in [0.29, 0.717) is 11.1 Å². The predicted octanol–water partition coefficient (Wildman–Crippen LogP) is 3.94. The van der Waals surface area contributed by atoms with Crippen molar-refractivity contribution in [1.82, 2.24) is 4.98 Å². The summed E-state index contributed by atoms with van der Waals surface area (Å²) in [6.45, 7) is 0. The van der Waals surface area contributed by atoms with Gasteiger partial charge in [-0.15, -0.1) is 0 Å². The monoisotopic (exact) mass is 296 g/mol. The molecule has 0 amide bonds. The van der Waals surface area contributed by atoms with E-state index < -0.39 is 41.0 Å². The Morgan fingerprint density at radius 2 is 1.16 bits per heavy atom. The quantitative estimate of drug-likeness (QED) is 0.724. The van der Waals surface area contributed by atoms with Crippen LogP contribution in [0.4, 0.5) is 39.5 Å². The molecule has 0 saturated heterocycles. The van der Waals surface area contributed by atoms with Crippen molar-refractivity contribution < 1.29 is 39.5 Å². The van der Waals surface area contributed by atoms with Crippen LogP contribution in [0.2, 0.25) is 0 Å². The van der Waals surface area contributed by atoms with Gasteiger partial charge in [-0.05, 0) is 0 Å². The van der Waals surface area contributed by atoms with Gasteiger partial charge in [0.1, 0.15) is 23.0 Å². The van der Waals surface area contributed by atoms with Crippen molar-refractivity contribution in [3.63, 3.8) is 0 Å². The number of hydrogen-bond acceptors (Lipinski definition) is 1. The minimum Gasteiger partial charge on any atom is -0.346 e. The van der Waals surface area contributed by atoms with E-state index in [4.69, 9.17) is 5.26 Å². The van der Waals surface area contributed by atoms with Gasteiger partial charge in [-0.2, -0.15) is 44.8 Å². The fourth-order valence-electron chi connectivity index (χ4n) is 1.32. The average molecular weight is 296 g/mol. The topological polar surface area (TPSA) is 39.6 Å². The summed E-state index contributed by atoms with van der Waals surface area (Å²) in [6.07, 6.45) is -17.0. The zero-order chi connectivity index (χ0) is 15.2. The van der Waals surface area contributed by atoms with Crippen molar-refractivity contribution in [2.45, 2.75) is 18.5 Å². The normalized spacial score (nSPS) is 13.5. The van der Waals surface area contributed by atoms with Crippen LogP contribution in [0.3, 0.4) is 0 Å². The minimum absolute atomic E-state index is 0.499. The van der Waals surface area contributed by atoms with Crippen LogP contribution in [0.25, 0.3) is 0 Å². The Morgan fingerprint density at radius 3 is 1.42 bits per heavy atom. The van der Waals surface area contributed by atoms with Crippen LogP contribution in [0.1, 0.15) is 22.5 Å². The highest BCUT2D eigenvalue weighted by Gasteiger charge is 2.51. The van der Waals surface area contributed by atoms with Crippen molar-refractivity contribution >= 4 is 0 Å². The van der Waals surface area contributed by atoms with Gasteiger partial charge in [0.05, 0.1) is 5.56 Å². The number of aromatic amines is 1. The van der Waals surface area contributed by atoms with Gasteiger partial charge in [0.2, 0.25) is 0 Å². The molecular weight excluding hydrogens is 295 g/mol. The molecule has 0 saturated carbocycles. The van der Waals surface area contributed by atoms with E-state index in [9.17, 15) is 39.5 Å². The molecule has 2 nitrogen and oxygen atoms in total. The number of rotatable bonds is 0. The Bertz CT molecular complexity index is 523.